The highest BCUT2D eigenvalue weighted by Crippen LogP contribution is 2.22. The van der Waals surface area contributed by atoms with E-state index in [0.717, 1.165) is 5.51 Å². The molecule has 2 rings (SSSR count). The van der Waals surface area contributed by atoms with E-state index in [9.17, 15) is 13.2 Å². The van der Waals surface area contributed by atoms with Gasteiger partial charge >= 0.3 is 5.97 Å². The number of thiazole rings is 1. The predicted octanol–water partition coefficient (Wildman–Crippen LogP) is 0.749. The molecule has 0 saturated carbocycles. The summed E-state index contributed by atoms with van der Waals surface area (Å²) in [7, 11) is -2.76. The van der Waals surface area contributed by atoms with Gasteiger partial charge in [0, 0.05) is 11.8 Å². The van der Waals surface area contributed by atoms with Gasteiger partial charge in [-0.15, -0.1) is 11.3 Å². The van der Waals surface area contributed by atoms with Crippen LogP contribution in [0.2, 0.25) is 0 Å². The first-order valence-electron chi connectivity index (χ1n) is 5.43. The minimum absolute atomic E-state index is 0.183. The fourth-order valence-electron chi connectivity index (χ4n) is 1.42. The van der Waals surface area contributed by atoms with E-state index in [-0.39, 0.29) is 11.8 Å². The summed E-state index contributed by atoms with van der Waals surface area (Å²) >= 11 is 0.689. The molecule has 0 aliphatic rings. The second kappa shape index (κ2) is 5.61. The Kier molecular flexibility index (Phi) is 4.04. The van der Waals surface area contributed by atoms with E-state index in [1.54, 1.807) is 6.92 Å². The van der Waals surface area contributed by atoms with E-state index in [2.05, 4.69) is 19.7 Å². The molecule has 0 saturated heterocycles. The Morgan fingerprint density at radius 1 is 1.43 bits per heavy atom. The molecule has 0 atom stereocenters. The first-order chi connectivity index (χ1) is 9.83. The maximum Gasteiger partial charge on any atom is 0.356 e. The third-order valence-electron chi connectivity index (χ3n) is 2.25. The normalized spacial score (nSPS) is 11.1. The van der Waals surface area contributed by atoms with Gasteiger partial charge < -0.3 is 9.84 Å². The lowest BCUT2D eigenvalue weighted by atomic mass is 10.4. The number of aromatic nitrogens is 3. The van der Waals surface area contributed by atoms with Crippen LogP contribution in [0.15, 0.2) is 15.8 Å². The smallest absolute Gasteiger partial charge is 0.356 e. The van der Waals surface area contributed by atoms with Crippen molar-refractivity contribution in [2.24, 2.45) is 0 Å². The van der Waals surface area contributed by atoms with Gasteiger partial charge in [-0.3, -0.25) is 0 Å². The van der Waals surface area contributed by atoms with Crippen molar-refractivity contribution in [3.05, 3.63) is 23.0 Å². The summed E-state index contributed by atoms with van der Waals surface area (Å²) in [5.41, 5.74) is 1.07. The number of nitrogens with zero attached hydrogens (tertiary/aromatic N) is 3. The standard InChI is InChI=1S/C10H10N4O5S2/c1-5-3-6(19-2)13-10(12-5)14-21(17,18)9-7(8(15)16)11-4-20-9/h3-4H,1-2H3,(H,15,16)(H,12,13,14). The number of methoxy groups -OCH3 is 1. The Balaban J connectivity index is 2.40. The minimum atomic E-state index is -4.14. The fourth-order valence-corrected chi connectivity index (χ4v) is 3.51. The van der Waals surface area contributed by atoms with Crippen LogP contribution in [0.1, 0.15) is 16.2 Å². The van der Waals surface area contributed by atoms with E-state index in [4.69, 9.17) is 9.84 Å². The van der Waals surface area contributed by atoms with Crippen LogP contribution in [-0.2, 0) is 10.0 Å². The van der Waals surface area contributed by atoms with Crippen LogP contribution in [0, 0.1) is 6.92 Å². The number of sulfonamides is 1. The Morgan fingerprint density at radius 3 is 2.76 bits per heavy atom. The van der Waals surface area contributed by atoms with E-state index < -0.39 is 25.9 Å². The summed E-state index contributed by atoms with van der Waals surface area (Å²) in [6.45, 7) is 1.64. The van der Waals surface area contributed by atoms with Crippen molar-refractivity contribution in [2.45, 2.75) is 11.1 Å². The maximum absolute atomic E-state index is 12.2. The molecule has 112 valence electrons. The summed E-state index contributed by atoms with van der Waals surface area (Å²) < 4.78 is 31.0. The molecule has 11 heteroatoms. The fraction of sp³-hybridized carbons (Fsp3) is 0.200. The molecule has 0 spiro atoms. The topological polar surface area (TPSA) is 131 Å². The molecule has 9 nitrogen and oxygen atoms in total. The highest BCUT2D eigenvalue weighted by atomic mass is 32.2. The third kappa shape index (κ3) is 3.25. The van der Waals surface area contributed by atoms with Crippen molar-refractivity contribution in [2.75, 3.05) is 11.8 Å². The van der Waals surface area contributed by atoms with Crippen LogP contribution < -0.4 is 9.46 Å². The highest BCUT2D eigenvalue weighted by molar-refractivity contribution is 7.94. The lowest BCUT2D eigenvalue weighted by molar-refractivity contribution is 0.0687. The molecule has 0 bridgehead atoms. The molecular weight excluding hydrogens is 320 g/mol. The lowest BCUT2D eigenvalue weighted by Crippen LogP contribution is -2.17. The Labute approximate surface area is 123 Å². The van der Waals surface area contributed by atoms with E-state index in [1.807, 2.05) is 0 Å². The van der Waals surface area contributed by atoms with Gasteiger partial charge in [0.25, 0.3) is 10.0 Å². The summed E-state index contributed by atoms with van der Waals surface area (Å²) in [5.74, 6) is -1.46. The van der Waals surface area contributed by atoms with Crippen LogP contribution in [-0.4, -0.2) is 41.6 Å². The van der Waals surface area contributed by atoms with Crippen molar-refractivity contribution in [3.8, 4) is 5.88 Å². The molecule has 21 heavy (non-hydrogen) atoms. The minimum Gasteiger partial charge on any atom is -0.481 e. The van der Waals surface area contributed by atoms with Gasteiger partial charge in [0.2, 0.25) is 11.8 Å². The molecule has 0 aromatic carbocycles. The summed E-state index contributed by atoms with van der Waals surface area (Å²) in [5, 5.41) is 8.91. The first-order valence-corrected chi connectivity index (χ1v) is 7.79. The van der Waals surface area contributed by atoms with Crippen molar-refractivity contribution in [1.29, 1.82) is 0 Å². The van der Waals surface area contributed by atoms with E-state index >= 15 is 0 Å². The predicted molar refractivity (Wildman–Crippen MR) is 73.2 cm³/mol. The molecule has 0 radical (unpaired) electrons. The summed E-state index contributed by atoms with van der Waals surface area (Å²) in [6.07, 6.45) is 0. The number of aromatic carboxylic acids is 1. The van der Waals surface area contributed by atoms with Crippen LogP contribution >= 0.6 is 11.3 Å². The maximum atomic E-state index is 12.2. The van der Waals surface area contributed by atoms with Crippen molar-refractivity contribution in [3.63, 3.8) is 0 Å². The number of nitrogens with one attached hydrogen (secondary N) is 1. The second-order valence-electron chi connectivity index (χ2n) is 3.77. The molecule has 0 aliphatic heterocycles. The van der Waals surface area contributed by atoms with Crippen molar-refractivity contribution in [1.82, 2.24) is 15.0 Å². The van der Waals surface area contributed by atoms with Gasteiger partial charge in [-0.05, 0) is 6.92 Å². The van der Waals surface area contributed by atoms with Gasteiger partial charge in [0.1, 0.15) is 0 Å². The van der Waals surface area contributed by atoms with Gasteiger partial charge in [0.05, 0.1) is 12.6 Å². The van der Waals surface area contributed by atoms with Gasteiger partial charge in [-0.2, -0.15) is 4.98 Å². The number of rotatable bonds is 5. The molecule has 0 fully saturated rings. The number of hydrogen-bond acceptors (Lipinski definition) is 8. The molecule has 0 unspecified atom stereocenters. The van der Waals surface area contributed by atoms with Crippen molar-refractivity contribution < 1.29 is 23.1 Å². The Hall–Kier alpha value is -2.27. The summed E-state index contributed by atoms with van der Waals surface area (Å²) in [6, 6.07) is 1.52. The third-order valence-corrected chi connectivity index (χ3v) is 4.95. The monoisotopic (exact) mass is 330 g/mol. The summed E-state index contributed by atoms with van der Waals surface area (Å²) in [4.78, 5) is 22.2. The molecule has 0 aliphatic carbocycles. The molecule has 2 aromatic heterocycles. The van der Waals surface area contributed by atoms with E-state index in [0.29, 0.717) is 17.0 Å². The molecule has 0 amide bonds. The number of aryl methyl sites for hydroxylation is 1. The zero-order valence-electron chi connectivity index (χ0n) is 10.9. The Morgan fingerprint density at radius 2 is 2.14 bits per heavy atom. The quantitative estimate of drug-likeness (QED) is 0.821. The van der Waals surface area contributed by atoms with Crippen LogP contribution in [0.5, 0.6) is 5.88 Å². The van der Waals surface area contributed by atoms with Crippen LogP contribution in [0.25, 0.3) is 0 Å². The number of ether oxygens (including phenoxy) is 1. The molecule has 2 aromatic rings. The van der Waals surface area contributed by atoms with E-state index in [1.165, 1.54) is 13.2 Å². The molecule has 2 N–H and O–H groups in total. The number of hydrogen-bond donors (Lipinski definition) is 2. The van der Waals surface area contributed by atoms with Crippen LogP contribution in [0.3, 0.4) is 0 Å². The van der Waals surface area contributed by atoms with Crippen molar-refractivity contribution >= 4 is 33.3 Å². The molecule has 2 heterocycles. The number of carbonyl (C=O) groups is 1. The highest BCUT2D eigenvalue weighted by Gasteiger charge is 2.26. The number of carboxylic acids is 1. The zero-order chi connectivity index (χ0) is 15.6. The first kappa shape index (κ1) is 15.1. The number of anilines is 1. The number of carboxylic acid groups (broad SMARTS) is 1. The molecular formula is C10H10N4O5S2. The average Bonchev–Trinajstić information content (AvgIpc) is 2.87. The second-order valence-corrected chi connectivity index (χ2v) is 6.51. The van der Waals surface area contributed by atoms with Gasteiger partial charge in [-0.25, -0.2) is 27.9 Å². The van der Waals surface area contributed by atoms with Gasteiger partial charge in [-0.1, -0.05) is 0 Å². The Bertz CT molecular complexity index is 786. The zero-order valence-corrected chi connectivity index (χ0v) is 12.5. The largest absolute Gasteiger partial charge is 0.481 e. The lowest BCUT2D eigenvalue weighted by Gasteiger charge is -2.07. The van der Waals surface area contributed by atoms with Gasteiger partial charge in [0.15, 0.2) is 9.90 Å². The SMILES string of the molecule is COc1cc(C)nc(NS(=O)(=O)c2scnc2C(=O)O)n1. The average molecular weight is 330 g/mol. The van der Waals surface area contributed by atoms with Crippen LogP contribution in [0.4, 0.5) is 5.95 Å².